The molecule has 1 aliphatic heterocycles. The summed E-state index contributed by atoms with van der Waals surface area (Å²) in [4.78, 5) is 26.2. The Labute approximate surface area is 163 Å². The first-order chi connectivity index (χ1) is 13.3. The van der Waals surface area contributed by atoms with Crippen molar-refractivity contribution in [1.82, 2.24) is 14.7 Å². The van der Waals surface area contributed by atoms with E-state index in [-0.39, 0.29) is 18.4 Å². The Kier molecular flexibility index (Phi) is 5.58. The maximum absolute atomic E-state index is 13.1. The number of carbonyl (C=O) groups is 2. The van der Waals surface area contributed by atoms with Gasteiger partial charge in [0.1, 0.15) is 5.69 Å². The van der Waals surface area contributed by atoms with Gasteiger partial charge in [-0.2, -0.15) is 5.10 Å². The van der Waals surface area contributed by atoms with Gasteiger partial charge in [0, 0.05) is 18.8 Å². The van der Waals surface area contributed by atoms with Crippen LogP contribution in [0.15, 0.2) is 24.4 Å². The molecule has 8 heteroatoms. The van der Waals surface area contributed by atoms with Gasteiger partial charge in [0.2, 0.25) is 0 Å². The molecule has 0 fully saturated rings. The molecule has 3 rings (SSSR count). The van der Waals surface area contributed by atoms with Gasteiger partial charge in [-0.05, 0) is 49.6 Å². The second-order valence-corrected chi connectivity index (χ2v) is 7.04. The summed E-state index contributed by atoms with van der Waals surface area (Å²) in [7, 11) is 3.09. The largest absolute Gasteiger partial charge is 0.493 e. The average molecular weight is 387 g/mol. The maximum atomic E-state index is 13.1. The predicted octanol–water partition coefficient (Wildman–Crippen LogP) is 2.70. The zero-order valence-electron chi connectivity index (χ0n) is 16.5. The molecule has 1 aromatic carbocycles. The molecule has 1 aliphatic rings. The standard InChI is InChI=1S/C20H25N3O5/c1-12(2)23-8-6-15(21-23)20(26)22-7-5-13-9-17(27-3)18(28-4)10-14(13)16(22)11-19(24)25/h6,8-10,12,16H,5,7,11H2,1-4H3,(H,24,25). The number of benzene rings is 1. The number of aliphatic carboxylic acids is 1. The molecule has 0 aliphatic carbocycles. The lowest BCUT2D eigenvalue weighted by molar-refractivity contribution is -0.138. The van der Waals surface area contributed by atoms with Crippen LogP contribution in [0.5, 0.6) is 11.5 Å². The van der Waals surface area contributed by atoms with Crippen LogP contribution in [0.1, 0.15) is 54.0 Å². The molecule has 150 valence electrons. The fourth-order valence-electron chi connectivity index (χ4n) is 3.54. The number of nitrogens with zero attached hydrogens (tertiary/aromatic N) is 3. The third-order valence-electron chi connectivity index (χ3n) is 4.99. The van der Waals surface area contributed by atoms with E-state index in [9.17, 15) is 14.7 Å². The number of rotatable bonds is 6. The number of carbonyl (C=O) groups excluding carboxylic acids is 1. The third-order valence-corrected chi connectivity index (χ3v) is 4.99. The number of methoxy groups -OCH3 is 2. The summed E-state index contributed by atoms with van der Waals surface area (Å²) in [6.45, 7) is 4.37. The van der Waals surface area contributed by atoms with E-state index in [0.29, 0.717) is 30.2 Å². The Bertz CT molecular complexity index is 890. The molecule has 2 heterocycles. The van der Waals surface area contributed by atoms with Gasteiger partial charge in [0.05, 0.1) is 26.7 Å². The number of hydrogen-bond donors (Lipinski definition) is 1. The lowest BCUT2D eigenvalue weighted by Crippen LogP contribution is -2.41. The van der Waals surface area contributed by atoms with Gasteiger partial charge in [-0.3, -0.25) is 14.3 Å². The maximum Gasteiger partial charge on any atom is 0.305 e. The first-order valence-electron chi connectivity index (χ1n) is 9.18. The van der Waals surface area contributed by atoms with Gasteiger partial charge in [-0.25, -0.2) is 0 Å². The van der Waals surface area contributed by atoms with Crippen LogP contribution in [0.4, 0.5) is 0 Å². The lowest BCUT2D eigenvalue weighted by Gasteiger charge is -2.36. The van der Waals surface area contributed by atoms with Crippen LogP contribution < -0.4 is 9.47 Å². The van der Waals surface area contributed by atoms with E-state index in [2.05, 4.69) is 5.10 Å². The minimum atomic E-state index is -0.974. The highest BCUT2D eigenvalue weighted by molar-refractivity contribution is 5.93. The number of amides is 1. The number of carboxylic acid groups (broad SMARTS) is 1. The van der Waals surface area contributed by atoms with Crippen molar-refractivity contribution in [2.24, 2.45) is 0 Å². The van der Waals surface area contributed by atoms with Gasteiger partial charge in [-0.15, -0.1) is 0 Å². The van der Waals surface area contributed by atoms with Crippen molar-refractivity contribution < 1.29 is 24.2 Å². The van der Waals surface area contributed by atoms with E-state index in [1.54, 1.807) is 35.0 Å². The molecule has 0 saturated heterocycles. The predicted molar refractivity (Wildman–Crippen MR) is 102 cm³/mol. The topological polar surface area (TPSA) is 93.9 Å². The molecular weight excluding hydrogens is 362 g/mol. The minimum Gasteiger partial charge on any atom is -0.493 e. The second-order valence-electron chi connectivity index (χ2n) is 7.04. The Morgan fingerprint density at radius 2 is 1.93 bits per heavy atom. The average Bonchev–Trinajstić information content (AvgIpc) is 3.16. The molecule has 2 aromatic rings. The van der Waals surface area contributed by atoms with Crippen molar-refractivity contribution in [2.75, 3.05) is 20.8 Å². The minimum absolute atomic E-state index is 0.134. The van der Waals surface area contributed by atoms with Crippen LogP contribution in [-0.4, -0.2) is 52.4 Å². The summed E-state index contributed by atoms with van der Waals surface area (Å²) < 4.78 is 12.4. The third kappa shape index (κ3) is 3.67. The quantitative estimate of drug-likeness (QED) is 0.819. The highest BCUT2D eigenvalue weighted by Gasteiger charge is 2.35. The normalized spacial score (nSPS) is 16.0. The fraction of sp³-hybridized carbons (Fsp3) is 0.450. The van der Waals surface area contributed by atoms with Crippen LogP contribution >= 0.6 is 0 Å². The van der Waals surface area contributed by atoms with Crippen molar-refractivity contribution in [3.8, 4) is 11.5 Å². The lowest BCUT2D eigenvalue weighted by atomic mass is 9.89. The Morgan fingerprint density at radius 3 is 2.50 bits per heavy atom. The van der Waals surface area contributed by atoms with Crippen LogP contribution in [0, 0.1) is 0 Å². The highest BCUT2D eigenvalue weighted by atomic mass is 16.5. The number of hydrogen-bond acceptors (Lipinski definition) is 5. The van der Waals surface area contributed by atoms with Gasteiger partial charge in [0.15, 0.2) is 11.5 Å². The van der Waals surface area contributed by atoms with Crippen molar-refractivity contribution in [3.05, 3.63) is 41.2 Å². The van der Waals surface area contributed by atoms with E-state index in [4.69, 9.17) is 9.47 Å². The van der Waals surface area contributed by atoms with Crippen LogP contribution in [0.3, 0.4) is 0 Å². The Balaban J connectivity index is 2.00. The van der Waals surface area contributed by atoms with E-state index < -0.39 is 12.0 Å². The summed E-state index contributed by atoms with van der Waals surface area (Å²) in [5.41, 5.74) is 2.04. The van der Waals surface area contributed by atoms with Crippen molar-refractivity contribution in [3.63, 3.8) is 0 Å². The van der Waals surface area contributed by atoms with E-state index in [1.165, 1.54) is 7.11 Å². The van der Waals surface area contributed by atoms with E-state index in [1.807, 2.05) is 19.9 Å². The molecule has 28 heavy (non-hydrogen) atoms. The van der Waals surface area contributed by atoms with Crippen molar-refractivity contribution in [1.29, 1.82) is 0 Å². The number of aromatic nitrogens is 2. The molecular formula is C20H25N3O5. The van der Waals surface area contributed by atoms with Crippen LogP contribution in [0.25, 0.3) is 0 Å². The monoisotopic (exact) mass is 387 g/mol. The van der Waals surface area contributed by atoms with Crippen molar-refractivity contribution >= 4 is 11.9 Å². The molecule has 0 radical (unpaired) electrons. The fourth-order valence-corrected chi connectivity index (χ4v) is 3.54. The molecule has 8 nitrogen and oxygen atoms in total. The van der Waals surface area contributed by atoms with Gasteiger partial charge in [0.25, 0.3) is 5.91 Å². The first kappa shape index (κ1) is 19.7. The summed E-state index contributed by atoms with van der Waals surface area (Å²) in [6.07, 6.45) is 2.16. The molecule has 1 amide bonds. The van der Waals surface area contributed by atoms with Gasteiger partial charge >= 0.3 is 5.97 Å². The second kappa shape index (κ2) is 7.92. The number of carboxylic acids is 1. The number of ether oxygens (including phenoxy) is 2. The first-order valence-corrected chi connectivity index (χ1v) is 9.18. The van der Waals surface area contributed by atoms with Gasteiger partial charge < -0.3 is 19.5 Å². The smallest absolute Gasteiger partial charge is 0.305 e. The molecule has 0 bridgehead atoms. The van der Waals surface area contributed by atoms with Crippen LogP contribution in [-0.2, 0) is 11.2 Å². The van der Waals surface area contributed by atoms with E-state index >= 15 is 0 Å². The molecule has 0 saturated carbocycles. The summed E-state index contributed by atoms with van der Waals surface area (Å²) in [6, 6.07) is 4.84. The molecule has 1 aromatic heterocycles. The molecule has 1 atom stereocenters. The summed E-state index contributed by atoms with van der Waals surface area (Å²) in [5.74, 6) is -0.148. The SMILES string of the molecule is COc1cc2c(cc1OC)C(CC(=O)O)N(C(=O)c1ccn(C(C)C)n1)CC2. The van der Waals surface area contributed by atoms with Crippen molar-refractivity contribution in [2.45, 2.75) is 38.8 Å². The Hall–Kier alpha value is -3.03. The molecule has 1 N–H and O–H groups in total. The zero-order valence-corrected chi connectivity index (χ0v) is 16.5. The highest BCUT2D eigenvalue weighted by Crippen LogP contribution is 2.39. The summed E-state index contributed by atoms with van der Waals surface area (Å²) in [5, 5.41) is 13.8. The Morgan fingerprint density at radius 1 is 1.25 bits per heavy atom. The zero-order chi connectivity index (χ0) is 20.4. The van der Waals surface area contributed by atoms with Gasteiger partial charge in [-0.1, -0.05) is 0 Å². The van der Waals surface area contributed by atoms with E-state index in [0.717, 1.165) is 11.1 Å². The number of fused-ring (bicyclic) bond motifs is 1. The van der Waals surface area contributed by atoms with Crippen LogP contribution in [0.2, 0.25) is 0 Å². The molecule has 0 spiro atoms. The molecule has 1 unspecified atom stereocenters. The summed E-state index contributed by atoms with van der Waals surface area (Å²) >= 11 is 0.